The fourth-order valence-corrected chi connectivity index (χ4v) is 2.19. The summed E-state index contributed by atoms with van der Waals surface area (Å²) in [5, 5.41) is 7.58. The summed E-state index contributed by atoms with van der Waals surface area (Å²) >= 11 is 1.43. The molecule has 0 bridgehead atoms. The molecule has 0 aliphatic heterocycles. The average molecular weight is 316 g/mol. The number of hydrogen-bond donors (Lipinski definition) is 2. The van der Waals surface area contributed by atoms with Crippen molar-refractivity contribution in [2.75, 3.05) is 17.2 Å². The van der Waals surface area contributed by atoms with E-state index < -0.39 is 11.7 Å². The monoisotopic (exact) mass is 316 g/mol. The Morgan fingerprint density at radius 1 is 1.19 bits per heavy atom. The molecule has 0 spiro atoms. The predicted molar refractivity (Wildman–Crippen MR) is 77.5 cm³/mol. The number of nitrogens with zero attached hydrogens (tertiary/aromatic N) is 2. The van der Waals surface area contributed by atoms with Crippen molar-refractivity contribution in [3.8, 4) is 0 Å². The van der Waals surface area contributed by atoms with E-state index in [1.165, 1.54) is 11.3 Å². The molecule has 0 unspecified atom stereocenters. The van der Waals surface area contributed by atoms with Gasteiger partial charge in [0.25, 0.3) is 0 Å². The second-order valence-corrected chi connectivity index (χ2v) is 5.10. The van der Waals surface area contributed by atoms with Gasteiger partial charge in [0.2, 0.25) is 0 Å². The Bertz CT molecular complexity index is 569. The van der Waals surface area contributed by atoms with Crippen LogP contribution in [-0.4, -0.2) is 16.5 Å². The van der Waals surface area contributed by atoms with Crippen LogP contribution in [0.3, 0.4) is 0 Å². The predicted octanol–water partition coefficient (Wildman–Crippen LogP) is 3.99. The van der Waals surface area contributed by atoms with Crippen LogP contribution in [0.15, 0.2) is 23.0 Å². The van der Waals surface area contributed by atoms with Crippen LogP contribution in [0.25, 0.3) is 0 Å². The molecule has 0 aliphatic rings. The zero-order chi connectivity index (χ0) is 15.3. The lowest BCUT2D eigenvalue weighted by Crippen LogP contribution is -2.11. The van der Waals surface area contributed by atoms with E-state index >= 15 is 0 Å². The molecule has 2 aromatic rings. The van der Waals surface area contributed by atoms with Crippen molar-refractivity contribution in [2.45, 2.75) is 26.1 Å². The number of halogens is 3. The van der Waals surface area contributed by atoms with E-state index in [-0.39, 0.29) is 11.6 Å². The standard InChI is InChI=1S/C13H15F3N4S/c1-2-3-17-11-4-9(13(14,15)16)5-12(20-11)18-6-10-7-21-8-19-10/h4-5,7-8H,2-3,6H2,1H3,(H2,17,18,20). The maximum Gasteiger partial charge on any atom is 0.416 e. The van der Waals surface area contributed by atoms with Gasteiger partial charge in [-0.2, -0.15) is 13.2 Å². The van der Waals surface area contributed by atoms with Crippen molar-refractivity contribution in [2.24, 2.45) is 0 Å². The number of thiazole rings is 1. The number of anilines is 2. The molecule has 114 valence electrons. The highest BCUT2D eigenvalue weighted by Gasteiger charge is 2.31. The van der Waals surface area contributed by atoms with Gasteiger partial charge in [-0.05, 0) is 18.6 Å². The van der Waals surface area contributed by atoms with Gasteiger partial charge >= 0.3 is 6.18 Å². The minimum atomic E-state index is -4.40. The van der Waals surface area contributed by atoms with Gasteiger partial charge in [0, 0.05) is 11.9 Å². The summed E-state index contributed by atoms with van der Waals surface area (Å²) in [6.45, 7) is 2.84. The zero-order valence-electron chi connectivity index (χ0n) is 11.4. The van der Waals surface area contributed by atoms with Crippen LogP contribution < -0.4 is 10.6 Å². The van der Waals surface area contributed by atoms with Crippen molar-refractivity contribution >= 4 is 23.0 Å². The molecule has 0 saturated carbocycles. The number of hydrogen-bond acceptors (Lipinski definition) is 5. The molecule has 0 amide bonds. The molecule has 0 fully saturated rings. The van der Waals surface area contributed by atoms with Crippen LogP contribution in [0, 0.1) is 0 Å². The number of rotatable bonds is 6. The van der Waals surface area contributed by atoms with Gasteiger partial charge in [0.15, 0.2) is 0 Å². The first-order valence-corrected chi connectivity index (χ1v) is 7.37. The Labute approximate surface area is 124 Å². The molecule has 4 nitrogen and oxygen atoms in total. The maximum atomic E-state index is 12.9. The first-order chi connectivity index (χ1) is 9.99. The van der Waals surface area contributed by atoms with E-state index in [9.17, 15) is 13.2 Å². The summed E-state index contributed by atoms with van der Waals surface area (Å²) in [6.07, 6.45) is -3.60. The Morgan fingerprint density at radius 3 is 2.48 bits per heavy atom. The Hall–Kier alpha value is -1.83. The van der Waals surface area contributed by atoms with Crippen molar-refractivity contribution in [3.63, 3.8) is 0 Å². The van der Waals surface area contributed by atoms with E-state index in [1.54, 1.807) is 5.51 Å². The van der Waals surface area contributed by atoms with Gasteiger partial charge in [-0.15, -0.1) is 11.3 Å². The quantitative estimate of drug-likeness (QED) is 0.846. The van der Waals surface area contributed by atoms with E-state index in [1.807, 2.05) is 12.3 Å². The lowest BCUT2D eigenvalue weighted by atomic mass is 10.2. The fraction of sp³-hybridized carbons (Fsp3) is 0.385. The second kappa shape index (κ2) is 6.75. The SMILES string of the molecule is CCCNc1cc(C(F)(F)F)cc(NCc2cscn2)n1. The number of pyridine rings is 1. The minimum absolute atomic E-state index is 0.177. The molecule has 0 aromatic carbocycles. The largest absolute Gasteiger partial charge is 0.416 e. The number of nitrogens with one attached hydrogen (secondary N) is 2. The van der Waals surface area contributed by atoms with Gasteiger partial charge in [0.1, 0.15) is 11.6 Å². The molecule has 21 heavy (non-hydrogen) atoms. The van der Waals surface area contributed by atoms with Crippen LogP contribution in [0.5, 0.6) is 0 Å². The van der Waals surface area contributed by atoms with Gasteiger partial charge in [-0.3, -0.25) is 0 Å². The molecular weight excluding hydrogens is 301 g/mol. The Kier molecular flexibility index (Phi) is 5.00. The van der Waals surface area contributed by atoms with Crippen molar-refractivity contribution in [1.29, 1.82) is 0 Å². The maximum absolute atomic E-state index is 12.9. The Morgan fingerprint density at radius 2 is 1.90 bits per heavy atom. The summed E-state index contributed by atoms with van der Waals surface area (Å²) in [7, 11) is 0. The van der Waals surface area contributed by atoms with Crippen LogP contribution in [0.4, 0.5) is 24.8 Å². The molecular formula is C13H15F3N4S. The van der Waals surface area contributed by atoms with Gasteiger partial charge in [-0.25, -0.2) is 9.97 Å². The van der Waals surface area contributed by atoms with Crippen molar-refractivity contribution in [3.05, 3.63) is 34.3 Å². The number of aromatic nitrogens is 2. The summed E-state index contributed by atoms with van der Waals surface area (Å²) in [4.78, 5) is 8.20. The van der Waals surface area contributed by atoms with Gasteiger partial charge in [-0.1, -0.05) is 6.92 Å². The second-order valence-electron chi connectivity index (χ2n) is 4.38. The smallest absolute Gasteiger partial charge is 0.370 e. The van der Waals surface area contributed by atoms with Crippen LogP contribution in [-0.2, 0) is 12.7 Å². The summed E-state index contributed by atoms with van der Waals surface area (Å²) in [6, 6.07) is 2.02. The highest BCUT2D eigenvalue weighted by atomic mass is 32.1. The molecule has 0 aliphatic carbocycles. The molecule has 0 radical (unpaired) electrons. The van der Waals surface area contributed by atoms with E-state index in [0.717, 1.165) is 24.2 Å². The minimum Gasteiger partial charge on any atom is -0.370 e. The van der Waals surface area contributed by atoms with E-state index in [4.69, 9.17) is 0 Å². The molecule has 8 heteroatoms. The lowest BCUT2D eigenvalue weighted by Gasteiger charge is -2.13. The third kappa shape index (κ3) is 4.59. The highest BCUT2D eigenvalue weighted by Crippen LogP contribution is 2.32. The van der Waals surface area contributed by atoms with E-state index in [2.05, 4.69) is 20.6 Å². The zero-order valence-corrected chi connectivity index (χ0v) is 12.2. The molecule has 2 N–H and O–H groups in total. The van der Waals surface area contributed by atoms with Gasteiger partial charge < -0.3 is 10.6 Å². The summed E-state index contributed by atoms with van der Waals surface area (Å²) < 4.78 is 38.7. The third-order valence-corrected chi connectivity index (χ3v) is 3.28. The van der Waals surface area contributed by atoms with Crippen LogP contribution in [0.2, 0.25) is 0 Å². The molecule has 2 heterocycles. The van der Waals surface area contributed by atoms with E-state index in [0.29, 0.717) is 13.1 Å². The fourth-order valence-electron chi connectivity index (χ4n) is 1.63. The summed E-state index contributed by atoms with van der Waals surface area (Å²) in [5.74, 6) is 0.392. The molecule has 2 rings (SSSR count). The first kappa shape index (κ1) is 15.6. The topological polar surface area (TPSA) is 49.8 Å². The molecule has 2 aromatic heterocycles. The first-order valence-electron chi connectivity index (χ1n) is 6.43. The Balaban J connectivity index is 2.17. The normalized spacial score (nSPS) is 11.4. The third-order valence-electron chi connectivity index (χ3n) is 2.64. The van der Waals surface area contributed by atoms with Gasteiger partial charge in [0.05, 0.1) is 23.3 Å². The summed E-state index contributed by atoms with van der Waals surface area (Å²) in [5.41, 5.74) is 1.71. The van der Waals surface area contributed by atoms with Crippen molar-refractivity contribution in [1.82, 2.24) is 9.97 Å². The lowest BCUT2D eigenvalue weighted by molar-refractivity contribution is -0.137. The average Bonchev–Trinajstić information content (AvgIpc) is 2.95. The van der Waals surface area contributed by atoms with Crippen molar-refractivity contribution < 1.29 is 13.2 Å². The van der Waals surface area contributed by atoms with Crippen LogP contribution in [0.1, 0.15) is 24.6 Å². The molecule has 0 saturated heterocycles. The number of alkyl halides is 3. The molecule has 0 atom stereocenters. The highest BCUT2D eigenvalue weighted by molar-refractivity contribution is 7.07. The van der Waals surface area contributed by atoms with Crippen LogP contribution >= 0.6 is 11.3 Å².